The smallest absolute Gasteiger partial charge is 0.0645 e. The number of nitrogens with zero attached hydrogens (tertiary/aromatic N) is 1. The van der Waals surface area contributed by atoms with Gasteiger partial charge in [-0.05, 0) is 48.8 Å². The Morgan fingerprint density at radius 3 is 2.43 bits per heavy atom. The van der Waals surface area contributed by atoms with Gasteiger partial charge in [0.2, 0.25) is 0 Å². The van der Waals surface area contributed by atoms with Gasteiger partial charge in [-0.3, -0.25) is 0 Å². The predicted octanol–water partition coefficient (Wildman–Crippen LogP) is 4.88. The lowest BCUT2D eigenvalue weighted by Gasteiger charge is -2.31. The molecule has 3 rings (SSSR count). The summed E-state index contributed by atoms with van der Waals surface area (Å²) < 4.78 is 0. The van der Waals surface area contributed by atoms with Crippen molar-refractivity contribution in [2.75, 3.05) is 0 Å². The van der Waals surface area contributed by atoms with Crippen molar-refractivity contribution in [3.8, 4) is 0 Å². The topological polar surface area (TPSA) is 32.6 Å². The first kappa shape index (κ1) is 13.9. The molecule has 1 aliphatic rings. The zero-order valence-corrected chi connectivity index (χ0v) is 12.4. The molecule has 1 N–H and O–H groups in total. The third-order valence-corrected chi connectivity index (χ3v) is 4.63. The summed E-state index contributed by atoms with van der Waals surface area (Å²) in [6.07, 6.45) is 2.96. The summed E-state index contributed by atoms with van der Waals surface area (Å²) >= 11 is 0. The molecule has 2 aromatic carbocycles. The van der Waals surface area contributed by atoms with Gasteiger partial charge in [0.15, 0.2) is 0 Å². The molecule has 0 spiro atoms. The molecule has 1 fully saturated rings. The molecule has 21 heavy (non-hydrogen) atoms. The SMILES string of the molecule is Cc1ccccc1C1CC/C(=N\O)C(c2ccccc2)C1. The van der Waals surface area contributed by atoms with Crippen LogP contribution < -0.4 is 0 Å². The number of oxime groups is 1. The van der Waals surface area contributed by atoms with Gasteiger partial charge < -0.3 is 5.21 Å². The molecule has 0 bridgehead atoms. The van der Waals surface area contributed by atoms with Gasteiger partial charge in [-0.2, -0.15) is 0 Å². The molecular formula is C19H21NO. The zero-order valence-electron chi connectivity index (χ0n) is 12.4. The molecule has 2 unspecified atom stereocenters. The van der Waals surface area contributed by atoms with Crippen LogP contribution in [0.1, 0.15) is 47.8 Å². The second-order valence-corrected chi connectivity index (χ2v) is 5.88. The van der Waals surface area contributed by atoms with Crippen molar-refractivity contribution in [1.29, 1.82) is 0 Å². The fourth-order valence-corrected chi connectivity index (χ4v) is 3.50. The van der Waals surface area contributed by atoms with Crippen LogP contribution >= 0.6 is 0 Å². The van der Waals surface area contributed by atoms with E-state index in [-0.39, 0.29) is 5.92 Å². The van der Waals surface area contributed by atoms with E-state index >= 15 is 0 Å². The quantitative estimate of drug-likeness (QED) is 0.617. The number of rotatable bonds is 2. The Hall–Kier alpha value is -2.09. The van der Waals surface area contributed by atoms with Gasteiger partial charge in [0.25, 0.3) is 0 Å². The first-order valence-electron chi connectivity index (χ1n) is 7.61. The van der Waals surface area contributed by atoms with Crippen molar-refractivity contribution in [3.63, 3.8) is 0 Å². The van der Waals surface area contributed by atoms with E-state index in [0.717, 1.165) is 25.0 Å². The summed E-state index contributed by atoms with van der Waals surface area (Å²) in [6, 6.07) is 19.1. The van der Waals surface area contributed by atoms with E-state index in [0.29, 0.717) is 5.92 Å². The molecule has 2 nitrogen and oxygen atoms in total. The molecule has 0 aliphatic heterocycles. The number of hydrogen-bond acceptors (Lipinski definition) is 2. The van der Waals surface area contributed by atoms with Crippen molar-refractivity contribution < 1.29 is 5.21 Å². The van der Waals surface area contributed by atoms with Crippen LogP contribution in [-0.4, -0.2) is 10.9 Å². The van der Waals surface area contributed by atoms with Gasteiger partial charge in [0.05, 0.1) is 5.71 Å². The van der Waals surface area contributed by atoms with Gasteiger partial charge in [0, 0.05) is 5.92 Å². The molecule has 2 heteroatoms. The monoisotopic (exact) mass is 279 g/mol. The average molecular weight is 279 g/mol. The van der Waals surface area contributed by atoms with Crippen molar-refractivity contribution in [2.45, 2.75) is 38.0 Å². The maximum absolute atomic E-state index is 9.32. The first-order valence-corrected chi connectivity index (χ1v) is 7.61. The second-order valence-electron chi connectivity index (χ2n) is 5.88. The number of aryl methyl sites for hydroxylation is 1. The third kappa shape index (κ3) is 2.85. The van der Waals surface area contributed by atoms with Gasteiger partial charge in [-0.25, -0.2) is 0 Å². The number of benzene rings is 2. The van der Waals surface area contributed by atoms with Crippen molar-refractivity contribution in [2.24, 2.45) is 5.16 Å². The molecule has 2 aromatic rings. The van der Waals surface area contributed by atoms with Crippen LogP contribution in [0.2, 0.25) is 0 Å². The second kappa shape index (κ2) is 6.13. The maximum Gasteiger partial charge on any atom is 0.0645 e. The Kier molecular flexibility index (Phi) is 4.05. The van der Waals surface area contributed by atoms with Crippen molar-refractivity contribution in [3.05, 3.63) is 71.3 Å². The summed E-state index contributed by atoms with van der Waals surface area (Å²) in [5, 5.41) is 12.9. The molecule has 2 atom stereocenters. The fourth-order valence-electron chi connectivity index (χ4n) is 3.50. The minimum absolute atomic E-state index is 0.231. The minimum atomic E-state index is 0.231. The highest BCUT2D eigenvalue weighted by molar-refractivity contribution is 5.91. The van der Waals surface area contributed by atoms with Crippen LogP contribution in [0.25, 0.3) is 0 Å². The van der Waals surface area contributed by atoms with E-state index in [1.54, 1.807) is 0 Å². The summed E-state index contributed by atoms with van der Waals surface area (Å²) in [5.41, 5.74) is 4.98. The Bertz CT molecular complexity index is 633. The van der Waals surface area contributed by atoms with E-state index in [4.69, 9.17) is 0 Å². The minimum Gasteiger partial charge on any atom is -0.411 e. The van der Waals surface area contributed by atoms with Gasteiger partial charge in [-0.1, -0.05) is 59.8 Å². The normalized spacial score (nSPS) is 24.1. The Morgan fingerprint density at radius 1 is 1.00 bits per heavy atom. The predicted molar refractivity (Wildman–Crippen MR) is 86.2 cm³/mol. The summed E-state index contributed by atoms with van der Waals surface area (Å²) in [4.78, 5) is 0. The highest BCUT2D eigenvalue weighted by atomic mass is 16.4. The van der Waals surface area contributed by atoms with E-state index < -0.39 is 0 Å². The fraction of sp³-hybridized carbons (Fsp3) is 0.316. The Balaban J connectivity index is 1.90. The number of hydrogen-bond donors (Lipinski definition) is 1. The van der Waals surface area contributed by atoms with E-state index in [9.17, 15) is 5.21 Å². The molecule has 0 aromatic heterocycles. The lowest BCUT2D eigenvalue weighted by Crippen LogP contribution is -2.23. The lowest BCUT2D eigenvalue weighted by molar-refractivity contribution is 0.311. The maximum atomic E-state index is 9.32. The van der Waals surface area contributed by atoms with Crippen molar-refractivity contribution >= 4 is 5.71 Å². The molecule has 1 saturated carbocycles. The van der Waals surface area contributed by atoms with Gasteiger partial charge in [-0.15, -0.1) is 0 Å². The summed E-state index contributed by atoms with van der Waals surface area (Å²) in [6.45, 7) is 2.18. The summed E-state index contributed by atoms with van der Waals surface area (Å²) in [5.74, 6) is 0.775. The Labute approximate surface area is 126 Å². The van der Waals surface area contributed by atoms with Gasteiger partial charge >= 0.3 is 0 Å². The van der Waals surface area contributed by atoms with Crippen LogP contribution in [0.3, 0.4) is 0 Å². The van der Waals surface area contributed by atoms with Crippen LogP contribution in [0.5, 0.6) is 0 Å². The highest BCUT2D eigenvalue weighted by Crippen LogP contribution is 2.40. The third-order valence-electron chi connectivity index (χ3n) is 4.63. The standard InChI is InChI=1S/C19H21NO/c1-14-7-5-6-10-17(14)16-11-12-19(20-21)18(13-16)15-8-3-2-4-9-15/h2-10,16,18,21H,11-13H2,1H3/b20-19+. The van der Waals surface area contributed by atoms with Crippen LogP contribution in [-0.2, 0) is 0 Å². The molecule has 0 radical (unpaired) electrons. The molecule has 0 heterocycles. The lowest BCUT2D eigenvalue weighted by atomic mass is 9.73. The van der Waals surface area contributed by atoms with Gasteiger partial charge in [0.1, 0.15) is 0 Å². The largest absolute Gasteiger partial charge is 0.411 e. The van der Waals surface area contributed by atoms with E-state index in [2.05, 4.69) is 60.6 Å². The first-order chi connectivity index (χ1) is 10.3. The van der Waals surface area contributed by atoms with Crippen LogP contribution in [0, 0.1) is 6.92 Å². The van der Waals surface area contributed by atoms with Crippen molar-refractivity contribution in [1.82, 2.24) is 0 Å². The molecule has 108 valence electrons. The summed E-state index contributed by atoms with van der Waals surface area (Å²) in [7, 11) is 0. The Morgan fingerprint density at radius 2 is 1.71 bits per heavy atom. The van der Waals surface area contributed by atoms with Crippen LogP contribution in [0.4, 0.5) is 0 Å². The molecule has 0 amide bonds. The highest BCUT2D eigenvalue weighted by Gasteiger charge is 2.30. The van der Waals surface area contributed by atoms with E-state index in [1.165, 1.54) is 16.7 Å². The zero-order chi connectivity index (χ0) is 14.7. The molecular weight excluding hydrogens is 258 g/mol. The average Bonchev–Trinajstić information content (AvgIpc) is 2.55. The van der Waals surface area contributed by atoms with E-state index in [1.807, 2.05) is 6.07 Å². The molecule has 1 aliphatic carbocycles. The molecule has 0 saturated heterocycles. The van der Waals surface area contributed by atoms with Crippen LogP contribution in [0.15, 0.2) is 59.8 Å².